The summed E-state index contributed by atoms with van der Waals surface area (Å²) < 4.78 is 39.2. The first-order valence-corrected chi connectivity index (χ1v) is 6.16. The number of thiocarbonyl (C=S) groups is 1. The van der Waals surface area contributed by atoms with Crippen LogP contribution in [0.25, 0.3) is 0 Å². The van der Waals surface area contributed by atoms with Gasteiger partial charge in [-0.2, -0.15) is 23.3 Å². The molecular formula is C12H7ClF3N3S. The Morgan fingerprint density at radius 1 is 1.40 bits per heavy atom. The first-order valence-electron chi connectivity index (χ1n) is 5.37. The Labute approximate surface area is 122 Å². The van der Waals surface area contributed by atoms with Crippen LogP contribution in [0, 0.1) is 0 Å². The quantitative estimate of drug-likeness (QED) is 0.623. The third-order valence-corrected chi connectivity index (χ3v) is 2.81. The molecule has 0 N–H and O–H groups in total. The van der Waals surface area contributed by atoms with Crippen molar-refractivity contribution in [2.75, 3.05) is 0 Å². The summed E-state index contributed by atoms with van der Waals surface area (Å²) in [5.41, 5.74) is -0.248. The summed E-state index contributed by atoms with van der Waals surface area (Å²) in [5.74, 6) is 0.189. The maximum atomic E-state index is 12.6. The fourth-order valence-electron chi connectivity index (χ4n) is 1.62. The molecule has 1 aromatic carbocycles. The van der Waals surface area contributed by atoms with Gasteiger partial charge in [0.2, 0.25) is 5.82 Å². The van der Waals surface area contributed by atoms with E-state index in [1.807, 2.05) is 0 Å². The minimum Gasteiger partial charge on any atom is -0.265 e. The molecule has 0 aliphatic carbocycles. The highest BCUT2D eigenvalue weighted by molar-refractivity contribution is 7.78. The minimum atomic E-state index is -4.37. The lowest BCUT2D eigenvalue weighted by molar-refractivity contribution is -0.137. The third kappa shape index (κ3) is 3.45. The Bertz CT molecular complexity index is 675. The highest BCUT2D eigenvalue weighted by atomic mass is 35.5. The van der Waals surface area contributed by atoms with Gasteiger partial charge in [-0.1, -0.05) is 23.7 Å². The maximum absolute atomic E-state index is 12.6. The Kier molecular flexibility index (Phi) is 4.23. The van der Waals surface area contributed by atoms with E-state index < -0.39 is 11.7 Å². The largest absolute Gasteiger partial charge is 0.416 e. The lowest BCUT2D eigenvalue weighted by Gasteiger charge is -2.08. The van der Waals surface area contributed by atoms with Crippen molar-refractivity contribution in [3.05, 3.63) is 46.6 Å². The monoisotopic (exact) mass is 317 g/mol. The standard InChI is InChI=1S/C12H7ClF3N3S/c13-10-6-19(18-11(10)17-7-20)5-8-2-1-3-9(4-8)12(14,15)16/h1-4,6H,5H2. The van der Waals surface area contributed by atoms with Crippen LogP contribution in [0.15, 0.2) is 35.5 Å². The van der Waals surface area contributed by atoms with E-state index in [2.05, 4.69) is 27.5 Å². The lowest BCUT2D eigenvalue weighted by Crippen LogP contribution is -2.07. The summed E-state index contributed by atoms with van der Waals surface area (Å²) in [6.45, 7) is 0.149. The van der Waals surface area contributed by atoms with Gasteiger partial charge in [-0.3, -0.25) is 4.68 Å². The van der Waals surface area contributed by atoms with Crippen molar-refractivity contribution in [2.45, 2.75) is 12.7 Å². The summed E-state index contributed by atoms with van der Waals surface area (Å²) in [4.78, 5) is 3.65. The van der Waals surface area contributed by atoms with Gasteiger partial charge >= 0.3 is 6.18 Å². The molecule has 0 spiro atoms. The molecule has 0 amide bonds. The van der Waals surface area contributed by atoms with E-state index in [4.69, 9.17) is 11.6 Å². The number of aromatic nitrogens is 2. The van der Waals surface area contributed by atoms with E-state index in [1.54, 1.807) is 6.07 Å². The summed E-state index contributed by atoms with van der Waals surface area (Å²) in [7, 11) is 0. The molecule has 1 aromatic heterocycles. The van der Waals surface area contributed by atoms with Crippen molar-refractivity contribution in [1.82, 2.24) is 9.78 Å². The molecule has 0 aliphatic rings. The number of aliphatic imine (C=N–C) groups is 1. The van der Waals surface area contributed by atoms with Gasteiger partial charge < -0.3 is 0 Å². The van der Waals surface area contributed by atoms with Gasteiger partial charge in [0.25, 0.3) is 0 Å². The fraction of sp³-hybridized carbons (Fsp3) is 0.167. The van der Waals surface area contributed by atoms with E-state index in [9.17, 15) is 13.2 Å². The van der Waals surface area contributed by atoms with Crippen molar-refractivity contribution < 1.29 is 13.2 Å². The van der Waals surface area contributed by atoms with Crippen LogP contribution in [0.2, 0.25) is 5.02 Å². The molecule has 2 rings (SSSR count). The van der Waals surface area contributed by atoms with E-state index in [-0.39, 0.29) is 17.4 Å². The van der Waals surface area contributed by atoms with Crippen LogP contribution < -0.4 is 0 Å². The number of benzene rings is 1. The van der Waals surface area contributed by atoms with E-state index in [1.165, 1.54) is 16.9 Å². The van der Waals surface area contributed by atoms with Crippen molar-refractivity contribution in [3.63, 3.8) is 0 Å². The molecule has 0 fully saturated rings. The van der Waals surface area contributed by atoms with Gasteiger partial charge in [0.15, 0.2) is 0 Å². The average Bonchev–Trinajstić information content (AvgIpc) is 2.69. The smallest absolute Gasteiger partial charge is 0.265 e. The van der Waals surface area contributed by atoms with Crippen LogP contribution in [0.4, 0.5) is 19.0 Å². The van der Waals surface area contributed by atoms with Crippen molar-refractivity contribution in [1.29, 1.82) is 0 Å². The molecule has 0 unspecified atom stereocenters. The number of hydrogen-bond donors (Lipinski definition) is 0. The van der Waals surface area contributed by atoms with Crippen LogP contribution in [0.3, 0.4) is 0 Å². The van der Waals surface area contributed by atoms with Crippen molar-refractivity contribution in [3.8, 4) is 0 Å². The predicted molar refractivity (Wildman–Crippen MR) is 72.5 cm³/mol. The normalized spacial score (nSPS) is 11.2. The molecular weight excluding hydrogens is 311 g/mol. The lowest BCUT2D eigenvalue weighted by atomic mass is 10.1. The molecule has 0 radical (unpaired) electrons. The number of rotatable bonds is 3. The van der Waals surface area contributed by atoms with Gasteiger partial charge in [0, 0.05) is 6.20 Å². The van der Waals surface area contributed by atoms with Gasteiger partial charge in [-0.25, -0.2) is 0 Å². The molecule has 1 heterocycles. The van der Waals surface area contributed by atoms with Crippen LogP contribution in [0.5, 0.6) is 0 Å². The van der Waals surface area contributed by atoms with Crippen LogP contribution in [-0.2, 0) is 12.7 Å². The molecule has 0 saturated carbocycles. The molecule has 0 saturated heterocycles. The molecule has 2 aromatic rings. The number of halogens is 4. The van der Waals surface area contributed by atoms with E-state index in [0.29, 0.717) is 5.56 Å². The SMILES string of the molecule is FC(F)(F)c1cccc(Cn2cc(Cl)c(N=C=S)n2)c1. The van der Waals surface area contributed by atoms with Gasteiger partial charge in [-0.05, 0) is 29.9 Å². The average molecular weight is 318 g/mol. The van der Waals surface area contributed by atoms with Gasteiger partial charge in [0.1, 0.15) is 5.02 Å². The molecule has 0 aliphatic heterocycles. The second kappa shape index (κ2) is 5.75. The van der Waals surface area contributed by atoms with Crippen molar-refractivity contribution >= 4 is 34.8 Å². The number of nitrogens with zero attached hydrogens (tertiary/aromatic N) is 3. The van der Waals surface area contributed by atoms with Gasteiger partial charge in [0.05, 0.1) is 17.3 Å². The second-order valence-electron chi connectivity index (χ2n) is 3.90. The van der Waals surface area contributed by atoms with E-state index >= 15 is 0 Å². The van der Waals surface area contributed by atoms with Crippen molar-refractivity contribution in [2.24, 2.45) is 4.99 Å². The number of isothiocyanates is 1. The first-order chi connectivity index (χ1) is 9.40. The zero-order valence-electron chi connectivity index (χ0n) is 9.86. The molecule has 104 valence electrons. The van der Waals surface area contributed by atoms with Gasteiger partial charge in [-0.15, -0.1) is 0 Å². The third-order valence-electron chi connectivity index (χ3n) is 2.45. The zero-order chi connectivity index (χ0) is 14.8. The molecule has 0 atom stereocenters. The molecule has 20 heavy (non-hydrogen) atoms. The highest BCUT2D eigenvalue weighted by Crippen LogP contribution is 2.30. The Morgan fingerprint density at radius 2 is 2.15 bits per heavy atom. The maximum Gasteiger partial charge on any atom is 0.416 e. The second-order valence-corrected chi connectivity index (χ2v) is 4.49. The topological polar surface area (TPSA) is 30.2 Å². The summed E-state index contributed by atoms with van der Waals surface area (Å²) in [6, 6.07) is 5.01. The summed E-state index contributed by atoms with van der Waals surface area (Å²) >= 11 is 10.3. The fourth-order valence-corrected chi connectivity index (χ4v) is 1.90. The Balaban J connectivity index is 2.26. The number of hydrogen-bond acceptors (Lipinski definition) is 3. The van der Waals surface area contributed by atoms with Crippen LogP contribution >= 0.6 is 23.8 Å². The van der Waals surface area contributed by atoms with Crippen LogP contribution in [0.1, 0.15) is 11.1 Å². The first kappa shape index (κ1) is 14.7. The van der Waals surface area contributed by atoms with E-state index in [0.717, 1.165) is 12.1 Å². The minimum absolute atomic E-state index is 0.149. The van der Waals surface area contributed by atoms with Crippen LogP contribution in [-0.4, -0.2) is 14.9 Å². The Hall–Kier alpha value is -1.69. The molecule has 3 nitrogen and oxygen atoms in total. The Morgan fingerprint density at radius 3 is 2.80 bits per heavy atom. The summed E-state index contributed by atoms with van der Waals surface area (Å²) in [6.07, 6.45) is -2.90. The summed E-state index contributed by atoms with van der Waals surface area (Å²) in [5, 5.41) is 6.38. The molecule has 8 heteroatoms. The number of alkyl halides is 3. The predicted octanol–water partition coefficient (Wildman–Crippen LogP) is 4.34. The highest BCUT2D eigenvalue weighted by Gasteiger charge is 2.30. The molecule has 0 bridgehead atoms. The zero-order valence-corrected chi connectivity index (χ0v) is 11.4.